The number of rotatable bonds is 3. The number of aliphatic hydroxyl groups is 1. The van der Waals surface area contributed by atoms with Gasteiger partial charge in [-0.25, -0.2) is 0 Å². The van der Waals surface area contributed by atoms with Gasteiger partial charge in [-0.2, -0.15) is 0 Å². The Balaban J connectivity index is 2.68. The molecule has 0 aliphatic heterocycles. The SMILES string of the molecule is CN(CC(C)(C)O)C(=O)C1CCCCC1(C)C. The van der Waals surface area contributed by atoms with Crippen molar-refractivity contribution >= 4 is 5.91 Å². The van der Waals surface area contributed by atoms with E-state index in [0.29, 0.717) is 6.54 Å². The van der Waals surface area contributed by atoms with E-state index in [1.807, 2.05) is 0 Å². The molecule has 1 aliphatic rings. The first-order valence-corrected chi connectivity index (χ1v) is 6.61. The quantitative estimate of drug-likeness (QED) is 0.824. The lowest BCUT2D eigenvalue weighted by molar-refractivity contribution is -0.142. The summed E-state index contributed by atoms with van der Waals surface area (Å²) in [5, 5.41) is 9.77. The van der Waals surface area contributed by atoms with Crippen LogP contribution < -0.4 is 0 Å². The van der Waals surface area contributed by atoms with Gasteiger partial charge in [-0.1, -0.05) is 26.7 Å². The van der Waals surface area contributed by atoms with Gasteiger partial charge in [0.2, 0.25) is 5.91 Å². The van der Waals surface area contributed by atoms with Crippen LogP contribution in [-0.2, 0) is 4.79 Å². The van der Waals surface area contributed by atoms with Crippen LogP contribution in [0, 0.1) is 11.3 Å². The van der Waals surface area contributed by atoms with Gasteiger partial charge in [-0.3, -0.25) is 4.79 Å². The molecule has 1 saturated carbocycles. The molecule has 0 aromatic carbocycles. The summed E-state index contributed by atoms with van der Waals surface area (Å²) in [5.74, 6) is 0.306. The Morgan fingerprint density at radius 1 is 1.41 bits per heavy atom. The second kappa shape index (κ2) is 4.97. The van der Waals surface area contributed by atoms with Crippen LogP contribution >= 0.6 is 0 Å². The topological polar surface area (TPSA) is 40.5 Å². The molecule has 0 heterocycles. The van der Waals surface area contributed by atoms with Gasteiger partial charge in [-0.15, -0.1) is 0 Å². The van der Waals surface area contributed by atoms with E-state index in [9.17, 15) is 9.90 Å². The third-order valence-corrected chi connectivity index (χ3v) is 3.81. The summed E-state index contributed by atoms with van der Waals surface area (Å²) in [4.78, 5) is 14.1. The minimum absolute atomic E-state index is 0.100. The average Bonchev–Trinajstić information content (AvgIpc) is 2.13. The van der Waals surface area contributed by atoms with E-state index in [1.165, 1.54) is 6.42 Å². The highest BCUT2D eigenvalue weighted by Gasteiger charge is 2.39. The Labute approximate surface area is 105 Å². The zero-order valence-corrected chi connectivity index (χ0v) is 11.9. The fraction of sp³-hybridized carbons (Fsp3) is 0.929. The van der Waals surface area contributed by atoms with Crippen molar-refractivity contribution in [3.05, 3.63) is 0 Å². The van der Waals surface area contributed by atoms with Gasteiger partial charge in [0, 0.05) is 19.5 Å². The molecule has 0 saturated heterocycles. The zero-order chi connectivity index (χ0) is 13.3. The second-order valence-electron chi connectivity index (χ2n) is 6.79. The lowest BCUT2D eigenvalue weighted by Crippen LogP contribution is -2.46. The van der Waals surface area contributed by atoms with Crippen molar-refractivity contribution in [2.75, 3.05) is 13.6 Å². The van der Waals surface area contributed by atoms with Gasteiger partial charge in [0.1, 0.15) is 0 Å². The van der Waals surface area contributed by atoms with Crippen molar-refractivity contribution in [3.63, 3.8) is 0 Å². The highest BCUT2D eigenvalue weighted by molar-refractivity contribution is 5.79. The molecule has 3 heteroatoms. The number of amides is 1. The minimum Gasteiger partial charge on any atom is -0.389 e. The predicted molar refractivity (Wildman–Crippen MR) is 69.7 cm³/mol. The van der Waals surface area contributed by atoms with E-state index in [4.69, 9.17) is 0 Å². The lowest BCUT2D eigenvalue weighted by Gasteiger charge is -2.40. The number of hydrogen-bond acceptors (Lipinski definition) is 2. The summed E-state index contributed by atoms with van der Waals surface area (Å²) in [7, 11) is 1.80. The number of nitrogens with zero attached hydrogens (tertiary/aromatic N) is 1. The summed E-state index contributed by atoms with van der Waals surface area (Å²) < 4.78 is 0. The Hall–Kier alpha value is -0.570. The molecule has 17 heavy (non-hydrogen) atoms. The molecule has 1 aliphatic carbocycles. The first kappa shape index (κ1) is 14.5. The van der Waals surface area contributed by atoms with Crippen molar-refractivity contribution in [2.45, 2.75) is 59.0 Å². The summed E-state index contributed by atoms with van der Waals surface area (Å²) in [6, 6.07) is 0. The van der Waals surface area contributed by atoms with Gasteiger partial charge in [-0.05, 0) is 32.1 Å². The van der Waals surface area contributed by atoms with Crippen molar-refractivity contribution < 1.29 is 9.90 Å². The third-order valence-electron chi connectivity index (χ3n) is 3.81. The number of likely N-dealkylation sites (N-methyl/N-ethyl adjacent to an activating group) is 1. The van der Waals surface area contributed by atoms with Crippen LogP contribution in [0.3, 0.4) is 0 Å². The Morgan fingerprint density at radius 3 is 2.47 bits per heavy atom. The molecule has 0 aromatic rings. The maximum atomic E-state index is 12.4. The van der Waals surface area contributed by atoms with Crippen LogP contribution in [0.5, 0.6) is 0 Å². The van der Waals surface area contributed by atoms with E-state index in [-0.39, 0.29) is 17.2 Å². The Kier molecular flexibility index (Phi) is 4.23. The van der Waals surface area contributed by atoms with Crippen LogP contribution in [0.15, 0.2) is 0 Å². The second-order valence-corrected chi connectivity index (χ2v) is 6.79. The van der Waals surface area contributed by atoms with E-state index >= 15 is 0 Å². The van der Waals surface area contributed by atoms with Crippen molar-refractivity contribution in [3.8, 4) is 0 Å². The Morgan fingerprint density at radius 2 is 2.00 bits per heavy atom. The molecule has 3 nitrogen and oxygen atoms in total. The zero-order valence-electron chi connectivity index (χ0n) is 11.9. The van der Waals surface area contributed by atoms with E-state index < -0.39 is 5.60 Å². The highest BCUT2D eigenvalue weighted by Crippen LogP contribution is 2.41. The maximum Gasteiger partial charge on any atom is 0.226 e. The average molecular weight is 241 g/mol. The molecule has 1 rings (SSSR count). The number of hydrogen-bond donors (Lipinski definition) is 1. The van der Waals surface area contributed by atoms with Crippen LogP contribution in [-0.4, -0.2) is 35.1 Å². The first-order chi connectivity index (χ1) is 7.63. The summed E-state index contributed by atoms with van der Waals surface area (Å²) in [6.45, 7) is 8.25. The largest absolute Gasteiger partial charge is 0.389 e. The fourth-order valence-electron chi connectivity index (χ4n) is 2.88. The Bertz CT molecular complexity index is 278. The van der Waals surface area contributed by atoms with Crippen molar-refractivity contribution in [1.29, 1.82) is 0 Å². The predicted octanol–water partition coefficient (Wildman–Crippen LogP) is 2.43. The van der Waals surface area contributed by atoms with Gasteiger partial charge >= 0.3 is 0 Å². The highest BCUT2D eigenvalue weighted by atomic mass is 16.3. The van der Waals surface area contributed by atoms with Crippen LogP contribution in [0.25, 0.3) is 0 Å². The van der Waals surface area contributed by atoms with Gasteiger partial charge in [0.25, 0.3) is 0 Å². The molecule has 0 aromatic heterocycles. The van der Waals surface area contributed by atoms with Crippen LogP contribution in [0.4, 0.5) is 0 Å². The molecule has 1 amide bonds. The molecule has 0 radical (unpaired) electrons. The van der Waals surface area contributed by atoms with Gasteiger partial charge < -0.3 is 10.0 Å². The molecule has 1 fully saturated rings. The third kappa shape index (κ3) is 3.98. The normalized spacial score (nSPS) is 24.5. The van der Waals surface area contributed by atoms with E-state index in [1.54, 1.807) is 25.8 Å². The van der Waals surface area contributed by atoms with Crippen molar-refractivity contribution in [2.24, 2.45) is 11.3 Å². The van der Waals surface area contributed by atoms with E-state index in [2.05, 4.69) is 13.8 Å². The monoisotopic (exact) mass is 241 g/mol. The maximum absolute atomic E-state index is 12.4. The molecule has 100 valence electrons. The van der Waals surface area contributed by atoms with Crippen LogP contribution in [0.2, 0.25) is 0 Å². The lowest BCUT2D eigenvalue weighted by atomic mass is 9.68. The van der Waals surface area contributed by atoms with Crippen LogP contribution in [0.1, 0.15) is 53.4 Å². The smallest absolute Gasteiger partial charge is 0.226 e. The molecule has 0 spiro atoms. The molecule has 0 bridgehead atoms. The molecule has 1 N–H and O–H groups in total. The standard InChI is InChI=1S/C14H27NO2/c1-13(2)9-7-6-8-11(13)12(16)15(5)10-14(3,4)17/h11,17H,6-10H2,1-5H3. The summed E-state index contributed by atoms with van der Waals surface area (Å²) >= 11 is 0. The molecule has 1 atom stereocenters. The number of carbonyl (C=O) groups excluding carboxylic acids is 1. The van der Waals surface area contributed by atoms with E-state index in [0.717, 1.165) is 19.3 Å². The van der Waals surface area contributed by atoms with Gasteiger partial charge in [0.05, 0.1) is 5.60 Å². The minimum atomic E-state index is -0.816. The molecular formula is C14H27NO2. The fourth-order valence-corrected chi connectivity index (χ4v) is 2.88. The summed E-state index contributed by atoms with van der Waals surface area (Å²) in [6.07, 6.45) is 4.49. The first-order valence-electron chi connectivity index (χ1n) is 6.61. The molecular weight excluding hydrogens is 214 g/mol. The number of carbonyl (C=O) groups is 1. The molecule has 1 unspecified atom stereocenters. The summed E-state index contributed by atoms with van der Waals surface area (Å²) in [5.41, 5.74) is -0.716. The van der Waals surface area contributed by atoms with Gasteiger partial charge in [0.15, 0.2) is 0 Å². The van der Waals surface area contributed by atoms with Crippen molar-refractivity contribution in [1.82, 2.24) is 4.90 Å².